The Hall–Kier alpha value is -2.65. The number of carbonyl (C=O) groups is 1. The molecule has 1 amide bonds. The predicted molar refractivity (Wildman–Crippen MR) is 146 cm³/mol. The average molecular weight is 559 g/mol. The second-order valence-corrected chi connectivity index (χ2v) is 14.5. The van der Waals surface area contributed by atoms with Gasteiger partial charge in [0.15, 0.2) is 9.84 Å². The highest BCUT2D eigenvalue weighted by molar-refractivity contribution is 7.91. The van der Waals surface area contributed by atoms with Crippen molar-refractivity contribution < 1.29 is 17.6 Å². The Morgan fingerprint density at radius 3 is 2.32 bits per heavy atom. The van der Waals surface area contributed by atoms with Gasteiger partial charge in [-0.3, -0.25) is 9.48 Å². The van der Waals surface area contributed by atoms with Crippen LogP contribution in [0.3, 0.4) is 0 Å². The maximum absolute atomic E-state index is 13.6. The van der Waals surface area contributed by atoms with Gasteiger partial charge in [-0.15, -0.1) is 0 Å². The number of piperazine rings is 1. The van der Waals surface area contributed by atoms with E-state index in [1.54, 1.807) is 17.2 Å². The molecule has 2 bridgehead atoms. The third kappa shape index (κ3) is 4.57. The molecule has 2 aliphatic heterocycles. The Morgan fingerprint density at radius 2 is 1.71 bits per heavy atom. The zero-order chi connectivity index (χ0) is 27.0. The summed E-state index contributed by atoms with van der Waals surface area (Å²) in [6, 6.07) is 7.86. The molecule has 3 fully saturated rings. The van der Waals surface area contributed by atoms with Crippen molar-refractivity contribution in [1.29, 1.82) is 0 Å². The highest BCUT2D eigenvalue weighted by Crippen LogP contribution is 2.44. The molecule has 0 unspecified atom stereocenters. The van der Waals surface area contributed by atoms with Gasteiger partial charge in [0.05, 0.1) is 44.7 Å². The van der Waals surface area contributed by atoms with E-state index in [4.69, 9.17) is 11.6 Å². The van der Waals surface area contributed by atoms with Crippen LogP contribution in [0.1, 0.15) is 62.9 Å². The lowest BCUT2D eigenvalue weighted by Gasteiger charge is -2.43. The smallest absolute Gasteiger partial charge is 0.255 e. The zero-order valence-electron chi connectivity index (χ0n) is 21.8. The summed E-state index contributed by atoms with van der Waals surface area (Å²) in [6.07, 6.45) is 5.69. The number of aromatic nitrogens is 2. The minimum absolute atomic E-state index is 0.0308. The van der Waals surface area contributed by atoms with Gasteiger partial charge in [0.25, 0.3) is 5.91 Å². The number of amides is 1. The molecule has 3 heterocycles. The molecule has 2 aromatic carbocycles. The Bertz CT molecular complexity index is 1530. The van der Waals surface area contributed by atoms with E-state index >= 15 is 0 Å². The van der Waals surface area contributed by atoms with Crippen molar-refractivity contribution in [3.63, 3.8) is 0 Å². The molecule has 0 spiro atoms. The summed E-state index contributed by atoms with van der Waals surface area (Å²) in [6.45, 7) is 6.76. The molecular weight excluding hydrogens is 527 g/mol. The van der Waals surface area contributed by atoms with Gasteiger partial charge in [-0.05, 0) is 61.4 Å². The van der Waals surface area contributed by atoms with Crippen LogP contribution in [-0.4, -0.2) is 59.9 Å². The summed E-state index contributed by atoms with van der Waals surface area (Å²) in [5.74, 6) is -0.634. The quantitative estimate of drug-likeness (QED) is 0.415. The first-order valence-electron chi connectivity index (χ1n) is 13.2. The number of carbonyl (C=O) groups excluding carboxylic acids is 1. The second-order valence-electron chi connectivity index (χ2n) is 12.1. The number of hydrogen-bond acceptors (Lipinski definition) is 5. The van der Waals surface area contributed by atoms with Crippen molar-refractivity contribution in [1.82, 2.24) is 14.7 Å². The van der Waals surface area contributed by atoms with Crippen LogP contribution in [0, 0.1) is 11.2 Å². The number of halogens is 2. The minimum atomic E-state index is -3.52. The van der Waals surface area contributed by atoms with Gasteiger partial charge in [0.2, 0.25) is 0 Å². The van der Waals surface area contributed by atoms with Crippen molar-refractivity contribution >= 4 is 43.9 Å². The number of sulfone groups is 1. The van der Waals surface area contributed by atoms with E-state index in [2.05, 4.69) is 14.7 Å². The van der Waals surface area contributed by atoms with Crippen molar-refractivity contribution in [2.45, 2.75) is 69.5 Å². The Labute approximate surface area is 227 Å². The van der Waals surface area contributed by atoms with Crippen LogP contribution in [0.5, 0.6) is 0 Å². The number of anilines is 1. The van der Waals surface area contributed by atoms with Gasteiger partial charge in [-0.1, -0.05) is 32.4 Å². The molecule has 202 valence electrons. The molecule has 10 heteroatoms. The predicted octanol–water partition coefficient (Wildman–Crippen LogP) is 5.48. The van der Waals surface area contributed by atoms with Crippen LogP contribution in [-0.2, 0) is 9.84 Å². The lowest BCUT2D eigenvalue weighted by atomic mass is 10.0. The molecule has 1 saturated carbocycles. The largest absolute Gasteiger partial charge is 0.360 e. The van der Waals surface area contributed by atoms with E-state index < -0.39 is 15.7 Å². The normalized spacial score (nSPS) is 21.9. The number of fused-ring (bicyclic) bond motifs is 3. The van der Waals surface area contributed by atoms with Crippen LogP contribution in [0.15, 0.2) is 41.4 Å². The minimum Gasteiger partial charge on any atom is -0.360 e. The van der Waals surface area contributed by atoms with Gasteiger partial charge in [-0.2, -0.15) is 5.10 Å². The van der Waals surface area contributed by atoms with Crippen LogP contribution in [0.4, 0.5) is 10.1 Å². The molecule has 7 nitrogen and oxygen atoms in total. The van der Waals surface area contributed by atoms with Crippen LogP contribution < -0.4 is 4.90 Å². The van der Waals surface area contributed by atoms with Crippen molar-refractivity contribution in [3.05, 3.63) is 52.9 Å². The number of nitrogens with zero attached hydrogens (tertiary/aromatic N) is 4. The number of rotatable bonds is 5. The van der Waals surface area contributed by atoms with E-state index in [1.165, 1.54) is 18.2 Å². The number of likely N-dealkylation sites (tertiary alicyclic amines) is 1. The molecule has 1 aromatic heterocycles. The SMILES string of the molecule is CC(C)(C)CS(=O)(=O)c1cc(N2[C@@H]3CC[C@H]2CN(C(=O)c2ccc(F)cc2Cl)C3)c2c(cnn2C2CC2)c1. The van der Waals surface area contributed by atoms with E-state index in [0.717, 1.165) is 42.3 Å². The fourth-order valence-corrected chi connectivity index (χ4v) is 8.22. The van der Waals surface area contributed by atoms with Crippen LogP contribution in [0.2, 0.25) is 5.02 Å². The molecule has 38 heavy (non-hydrogen) atoms. The zero-order valence-corrected chi connectivity index (χ0v) is 23.4. The Balaban J connectivity index is 1.39. The van der Waals surface area contributed by atoms with Gasteiger partial charge in [0.1, 0.15) is 5.82 Å². The van der Waals surface area contributed by atoms with Gasteiger partial charge < -0.3 is 9.80 Å². The van der Waals surface area contributed by atoms with Gasteiger partial charge in [0, 0.05) is 30.6 Å². The highest BCUT2D eigenvalue weighted by Gasteiger charge is 2.43. The number of benzene rings is 2. The Morgan fingerprint density at radius 1 is 1.05 bits per heavy atom. The maximum Gasteiger partial charge on any atom is 0.255 e. The molecular formula is C28H32ClFN4O3S. The van der Waals surface area contributed by atoms with Crippen LogP contribution in [0.25, 0.3) is 10.9 Å². The van der Waals surface area contributed by atoms with Crippen molar-refractivity contribution in [2.75, 3.05) is 23.7 Å². The van der Waals surface area contributed by atoms with E-state index in [0.29, 0.717) is 29.6 Å². The molecule has 3 aliphatic rings. The highest BCUT2D eigenvalue weighted by atomic mass is 35.5. The van der Waals surface area contributed by atoms with Gasteiger partial charge in [-0.25, -0.2) is 12.8 Å². The topological polar surface area (TPSA) is 75.5 Å². The molecule has 3 aromatic rings. The molecule has 2 atom stereocenters. The molecule has 0 radical (unpaired) electrons. The van der Waals surface area contributed by atoms with Crippen molar-refractivity contribution in [2.24, 2.45) is 5.41 Å². The third-order valence-electron chi connectivity index (χ3n) is 7.73. The van der Waals surface area contributed by atoms with Crippen LogP contribution >= 0.6 is 11.6 Å². The Kier molecular flexibility index (Phi) is 6.03. The summed E-state index contributed by atoms with van der Waals surface area (Å²) in [5, 5.41) is 5.61. The fraction of sp³-hybridized carbons (Fsp3) is 0.500. The molecule has 2 saturated heterocycles. The summed E-state index contributed by atoms with van der Waals surface area (Å²) in [5.41, 5.74) is 1.78. The summed E-state index contributed by atoms with van der Waals surface area (Å²) in [7, 11) is -3.52. The lowest BCUT2D eigenvalue weighted by Crippen LogP contribution is -2.55. The first-order valence-corrected chi connectivity index (χ1v) is 15.2. The first-order chi connectivity index (χ1) is 17.9. The third-order valence-corrected chi connectivity index (χ3v) is 10.2. The van der Waals surface area contributed by atoms with E-state index in [1.807, 2.05) is 26.8 Å². The van der Waals surface area contributed by atoms with E-state index in [9.17, 15) is 17.6 Å². The fourth-order valence-electron chi connectivity index (χ4n) is 6.07. The lowest BCUT2D eigenvalue weighted by molar-refractivity contribution is 0.0718. The molecule has 6 rings (SSSR count). The monoisotopic (exact) mass is 558 g/mol. The molecule has 0 N–H and O–H groups in total. The summed E-state index contributed by atoms with van der Waals surface area (Å²) >= 11 is 6.20. The van der Waals surface area contributed by atoms with Gasteiger partial charge >= 0.3 is 0 Å². The van der Waals surface area contributed by atoms with Crippen molar-refractivity contribution in [3.8, 4) is 0 Å². The second kappa shape index (κ2) is 8.95. The summed E-state index contributed by atoms with van der Waals surface area (Å²) < 4.78 is 42.6. The standard InChI is InChI=1S/C28H32ClFN4O3S/c1-28(2,3)16-38(36,37)22-10-17-13-31-34(19-5-6-19)26(17)25(12-22)33-20-7-8-21(33)15-32(14-20)27(35)23-9-4-18(30)11-24(23)29/h4,9-13,19-21H,5-8,14-16H2,1-3H3/t20-,21+. The maximum atomic E-state index is 13.6. The summed E-state index contributed by atoms with van der Waals surface area (Å²) in [4.78, 5) is 17.8. The molecule has 1 aliphatic carbocycles. The van der Waals surface area contributed by atoms with E-state index in [-0.39, 0.29) is 34.2 Å². The number of hydrogen-bond donors (Lipinski definition) is 0. The average Bonchev–Trinajstić information content (AvgIpc) is 3.52. The first kappa shape index (κ1) is 25.6.